The van der Waals surface area contributed by atoms with E-state index in [4.69, 9.17) is 5.26 Å². The third kappa shape index (κ3) is 3.64. The van der Waals surface area contributed by atoms with Gasteiger partial charge in [0.25, 0.3) is 0 Å². The van der Waals surface area contributed by atoms with Crippen LogP contribution < -0.4 is 5.32 Å². The lowest BCUT2D eigenvalue weighted by Gasteiger charge is -2.20. The van der Waals surface area contributed by atoms with Crippen LogP contribution in [-0.4, -0.2) is 18.0 Å². The van der Waals surface area contributed by atoms with Crippen LogP contribution in [0.1, 0.15) is 22.3 Å². The molecule has 112 valence electrons. The van der Waals surface area contributed by atoms with Crippen molar-refractivity contribution < 1.29 is 4.79 Å². The molecule has 0 saturated carbocycles. The molecule has 2 aromatic carbocycles. The molecule has 0 heterocycles. The molecule has 0 fully saturated rings. The molecular formula is C18H19N3O. The molecule has 4 heteroatoms. The van der Waals surface area contributed by atoms with Gasteiger partial charge in [-0.15, -0.1) is 0 Å². The number of nitriles is 1. The van der Waals surface area contributed by atoms with Crippen molar-refractivity contribution in [2.75, 3.05) is 12.4 Å². The van der Waals surface area contributed by atoms with Crippen LogP contribution in [0, 0.1) is 25.2 Å². The van der Waals surface area contributed by atoms with Crippen LogP contribution in [-0.2, 0) is 6.54 Å². The number of carbonyl (C=O) groups excluding carboxylic acids is 1. The van der Waals surface area contributed by atoms with Gasteiger partial charge in [-0.3, -0.25) is 0 Å². The molecule has 0 aliphatic carbocycles. The molecule has 0 aliphatic heterocycles. The van der Waals surface area contributed by atoms with Gasteiger partial charge in [-0.25, -0.2) is 4.79 Å². The van der Waals surface area contributed by atoms with Crippen LogP contribution >= 0.6 is 0 Å². The van der Waals surface area contributed by atoms with Gasteiger partial charge < -0.3 is 10.2 Å². The Morgan fingerprint density at radius 3 is 2.45 bits per heavy atom. The first-order valence-corrected chi connectivity index (χ1v) is 7.08. The summed E-state index contributed by atoms with van der Waals surface area (Å²) in [6.07, 6.45) is 0. The Morgan fingerprint density at radius 2 is 1.82 bits per heavy atom. The number of nitrogens with one attached hydrogen (secondary N) is 1. The zero-order chi connectivity index (χ0) is 16.1. The molecule has 2 rings (SSSR count). The van der Waals surface area contributed by atoms with E-state index >= 15 is 0 Å². The number of benzene rings is 2. The summed E-state index contributed by atoms with van der Waals surface area (Å²) < 4.78 is 0. The quantitative estimate of drug-likeness (QED) is 0.934. The zero-order valence-electron chi connectivity index (χ0n) is 13.1. The molecule has 0 bridgehead atoms. The highest BCUT2D eigenvalue weighted by Crippen LogP contribution is 2.20. The van der Waals surface area contributed by atoms with E-state index in [1.54, 1.807) is 24.1 Å². The number of amides is 2. The summed E-state index contributed by atoms with van der Waals surface area (Å²) in [5, 5.41) is 11.9. The summed E-state index contributed by atoms with van der Waals surface area (Å²) in [7, 11) is 1.74. The topological polar surface area (TPSA) is 56.1 Å². The Kier molecular flexibility index (Phi) is 4.80. The molecule has 4 nitrogen and oxygen atoms in total. The number of rotatable bonds is 3. The minimum Gasteiger partial charge on any atom is -0.323 e. The first-order chi connectivity index (χ1) is 10.5. The fraction of sp³-hybridized carbons (Fsp3) is 0.222. The van der Waals surface area contributed by atoms with Crippen LogP contribution in [0.15, 0.2) is 42.5 Å². The molecule has 2 amide bonds. The predicted octanol–water partition coefficient (Wildman–Crippen LogP) is 3.84. The number of hydrogen-bond acceptors (Lipinski definition) is 2. The normalized spacial score (nSPS) is 9.91. The standard InChI is InChI=1S/C18H19N3O/c1-13-6-4-7-14(2)17(13)20-18(22)21(3)12-16-9-5-8-15(10-16)11-19/h4-10H,12H2,1-3H3,(H,20,22). The zero-order valence-corrected chi connectivity index (χ0v) is 13.1. The number of anilines is 1. The first-order valence-electron chi connectivity index (χ1n) is 7.08. The lowest BCUT2D eigenvalue weighted by atomic mass is 10.1. The summed E-state index contributed by atoms with van der Waals surface area (Å²) in [5.74, 6) is 0. The second-order valence-electron chi connectivity index (χ2n) is 5.37. The van der Waals surface area contributed by atoms with E-state index in [0.717, 1.165) is 22.4 Å². The van der Waals surface area contributed by atoms with Crippen LogP contribution in [0.5, 0.6) is 0 Å². The summed E-state index contributed by atoms with van der Waals surface area (Å²) in [6.45, 7) is 4.39. The van der Waals surface area contributed by atoms with Gasteiger partial charge in [-0.05, 0) is 42.7 Å². The third-order valence-electron chi connectivity index (χ3n) is 3.54. The summed E-state index contributed by atoms with van der Waals surface area (Å²) >= 11 is 0. The number of urea groups is 1. The van der Waals surface area contributed by atoms with Crippen LogP contribution in [0.3, 0.4) is 0 Å². The smallest absolute Gasteiger partial charge is 0.321 e. The first kappa shape index (κ1) is 15.6. The Bertz CT molecular complexity index is 711. The van der Waals surface area contributed by atoms with Gasteiger partial charge in [0.05, 0.1) is 11.6 Å². The van der Waals surface area contributed by atoms with Crippen molar-refractivity contribution in [2.45, 2.75) is 20.4 Å². The largest absolute Gasteiger partial charge is 0.323 e. The highest BCUT2D eigenvalue weighted by Gasteiger charge is 2.12. The fourth-order valence-corrected chi connectivity index (χ4v) is 2.30. The Balaban J connectivity index is 2.08. The van der Waals surface area contributed by atoms with Crippen molar-refractivity contribution in [2.24, 2.45) is 0 Å². The number of aryl methyl sites for hydroxylation is 2. The second-order valence-corrected chi connectivity index (χ2v) is 5.37. The van der Waals surface area contributed by atoms with Gasteiger partial charge in [-0.2, -0.15) is 5.26 Å². The van der Waals surface area contributed by atoms with Crippen LogP contribution in [0.25, 0.3) is 0 Å². The molecule has 0 saturated heterocycles. The van der Waals surface area contributed by atoms with Crippen molar-refractivity contribution in [3.63, 3.8) is 0 Å². The highest BCUT2D eigenvalue weighted by molar-refractivity contribution is 5.90. The highest BCUT2D eigenvalue weighted by atomic mass is 16.2. The maximum absolute atomic E-state index is 12.3. The molecule has 0 aliphatic rings. The maximum Gasteiger partial charge on any atom is 0.321 e. The molecule has 1 N–H and O–H groups in total. The monoisotopic (exact) mass is 293 g/mol. The van der Waals surface area contributed by atoms with E-state index < -0.39 is 0 Å². The summed E-state index contributed by atoms with van der Waals surface area (Å²) in [4.78, 5) is 13.9. The number of carbonyl (C=O) groups is 1. The molecule has 2 aromatic rings. The molecule has 0 unspecified atom stereocenters. The molecule has 0 aromatic heterocycles. The van der Waals surface area contributed by atoms with Gasteiger partial charge in [0.1, 0.15) is 0 Å². The van der Waals surface area contributed by atoms with E-state index in [2.05, 4.69) is 11.4 Å². The average molecular weight is 293 g/mol. The van der Waals surface area contributed by atoms with E-state index in [1.165, 1.54) is 0 Å². The van der Waals surface area contributed by atoms with Gasteiger partial charge >= 0.3 is 6.03 Å². The minimum absolute atomic E-state index is 0.167. The molecule has 0 radical (unpaired) electrons. The summed E-state index contributed by atoms with van der Waals surface area (Å²) in [6, 6.07) is 15.1. The Hall–Kier alpha value is -2.80. The van der Waals surface area contributed by atoms with E-state index in [9.17, 15) is 4.79 Å². The van der Waals surface area contributed by atoms with Crippen LogP contribution in [0.2, 0.25) is 0 Å². The van der Waals surface area contributed by atoms with E-state index in [-0.39, 0.29) is 6.03 Å². The molecule has 22 heavy (non-hydrogen) atoms. The van der Waals surface area contributed by atoms with Gasteiger partial charge in [-0.1, -0.05) is 30.3 Å². The van der Waals surface area contributed by atoms with Crippen LogP contribution in [0.4, 0.5) is 10.5 Å². The Morgan fingerprint density at radius 1 is 1.18 bits per heavy atom. The van der Waals surface area contributed by atoms with Crippen molar-refractivity contribution in [3.05, 3.63) is 64.7 Å². The van der Waals surface area contributed by atoms with Crippen molar-refractivity contribution in [1.29, 1.82) is 5.26 Å². The molecular weight excluding hydrogens is 274 g/mol. The summed E-state index contributed by atoms with van der Waals surface area (Å²) in [5.41, 5.74) is 4.45. The second kappa shape index (κ2) is 6.77. The van der Waals surface area contributed by atoms with Crippen molar-refractivity contribution in [1.82, 2.24) is 4.90 Å². The molecule has 0 spiro atoms. The van der Waals surface area contributed by atoms with E-state index in [0.29, 0.717) is 12.1 Å². The lowest BCUT2D eigenvalue weighted by molar-refractivity contribution is 0.220. The number of hydrogen-bond donors (Lipinski definition) is 1. The van der Waals surface area contributed by atoms with Crippen molar-refractivity contribution >= 4 is 11.7 Å². The maximum atomic E-state index is 12.3. The van der Waals surface area contributed by atoms with Gasteiger partial charge in [0.2, 0.25) is 0 Å². The SMILES string of the molecule is Cc1cccc(C)c1NC(=O)N(C)Cc1cccc(C#N)c1. The van der Waals surface area contributed by atoms with Gasteiger partial charge in [0, 0.05) is 19.3 Å². The Labute approximate surface area is 131 Å². The average Bonchev–Trinajstić information content (AvgIpc) is 2.51. The van der Waals surface area contributed by atoms with E-state index in [1.807, 2.05) is 44.2 Å². The predicted molar refractivity (Wildman–Crippen MR) is 87.6 cm³/mol. The van der Waals surface area contributed by atoms with Crippen molar-refractivity contribution in [3.8, 4) is 6.07 Å². The number of nitrogens with zero attached hydrogens (tertiary/aromatic N) is 2. The number of para-hydroxylation sites is 1. The third-order valence-corrected chi connectivity index (χ3v) is 3.54. The minimum atomic E-state index is -0.167. The van der Waals surface area contributed by atoms with Gasteiger partial charge in [0.15, 0.2) is 0 Å². The molecule has 0 atom stereocenters. The fourth-order valence-electron chi connectivity index (χ4n) is 2.30. The lowest BCUT2D eigenvalue weighted by Crippen LogP contribution is -2.31.